The number of carbonyl (C=O) groups is 1. The summed E-state index contributed by atoms with van der Waals surface area (Å²) >= 11 is 0. The summed E-state index contributed by atoms with van der Waals surface area (Å²) in [6.07, 6.45) is 74.7. The summed E-state index contributed by atoms with van der Waals surface area (Å²) in [5, 5.41) is 88.0. The molecule has 14 heteroatoms. The van der Waals surface area contributed by atoms with Crippen LogP contribution in [0.25, 0.3) is 0 Å². The third kappa shape index (κ3) is 54.3. The fraction of sp³-hybridized carbons (Fsp3) is 0.989. The van der Waals surface area contributed by atoms with E-state index in [9.17, 15) is 45.6 Å². The number of unbranched alkanes of at least 4 members (excludes halogenated alkanes) is 65. The Morgan fingerprint density at radius 2 is 0.564 bits per heavy atom. The second-order valence-electron chi connectivity index (χ2n) is 32.1. The Morgan fingerprint density at radius 3 is 0.842 bits per heavy atom. The predicted molar refractivity (Wildman–Crippen MR) is 420 cm³/mol. The second-order valence-corrected chi connectivity index (χ2v) is 32.1. The molecule has 1 amide bonds. The van der Waals surface area contributed by atoms with Crippen LogP contribution < -0.4 is 5.32 Å². The Balaban J connectivity index is 1.55. The number of nitrogens with one attached hydrogen (secondary N) is 1. The van der Waals surface area contributed by atoms with Crippen molar-refractivity contribution in [2.75, 3.05) is 19.8 Å². The van der Waals surface area contributed by atoms with E-state index < -0.39 is 86.8 Å². The van der Waals surface area contributed by atoms with Gasteiger partial charge in [-0.15, -0.1) is 0 Å². The average molecular weight is 1440 g/mol. The monoisotopic (exact) mass is 1440 g/mol. The zero-order chi connectivity index (χ0) is 73.0. The average Bonchev–Trinajstić information content (AvgIpc) is 0.791. The molecule has 0 radical (unpaired) electrons. The van der Waals surface area contributed by atoms with Crippen molar-refractivity contribution in [1.29, 1.82) is 0 Å². The van der Waals surface area contributed by atoms with Crippen LogP contribution in [0.15, 0.2) is 0 Å². The molecule has 14 nitrogen and oxygen atoms in total. The number of rotatable bonds is 78. The van der Waals surface area contributed by atoms with Crippen molar-refractivity contribution in [2.24, 2.45) is 0 Å². The Hall–Kier alpha value is -1.01. The van der Waals surface area contributed by atoms with Gasteiger partial charge in [0.05, 0.1) is 32.0 Å². The normalized spacial score (nSPS) is 21.6. The smallest absolute Gasteiger partial charge is 0.220 e. The third-order valence-corrected chi connectivity index (χ3v) is 22.6. The zero-order valence-corrected chi connectivity index (χ0v) is 66.5. The molecule has 12 unspecified atom stereocenters. The molecule has 0 aromatic rings. The number of carbonyl (C=O) groups excluding carboxylic acids is 1. The highest BCUT2D eigenvalue weighted by molar-refractivity contribution is 5.76. The topological polar surface area (TPSA) is 228 Å². The molecule has 12 atom stereocenters. The van der Waals surface area contributed by atoms with Crippen LogP contribution in [0.3, 0.4) is 0 Å². The van der Waals surface area contributed by atoms with E-state index in [0.29, 0.717) is 12.8 Å². The minimum Gasteiger partial charge on any atom is -0.394 e. The molecule has 2 aliphatic heterocycles. The maximum atomic E-state index is 13.4. The van der Waals surface area contributed by atoms with E-state index in [0.717, 1.165) is 51.4 Å². The predicted octanol–water partition coefficient (Wildman–Crippen LogP) is 21.4. The standard InChI is InChI=1S/C87H171NO13/c1-3-5-7-9-11-13-15-17-19-21-23-25-27-29-31-33-35-37-39-41-43-45-47-49-51-53-55-57-59-61-63-65-67-69-71-79(92)88-75(74-98-86-84(97)82(95)85(78(73-90)100-86)101-87-83(96)81(94)80(93)77(72-89)99-87)76(91)70-68-66-64-62-60-58-56-54-52-50-48-46-44-42-40-38-36-34-32-30-28-26-24-22-20-18-16-14-12-10-8-6-4-2/h75-78,80-87,89-91,93-97H,3-74H2,1-2H3,(H,88,92). The molecule has 0 saturated carbocycles. The summed E-state index contributed by atoms with van der Waals surface area (Å²) in [4.78, 5) is 13.4. The Bertz CT molecular complexity index is 1700. The lowest BCUT2D eigenvalue weighted by molar-refractivity contribution is -0.359. The van der Waals surface area contributed by atoms with Gasteiger partial charge in [-0.05, 0) is 12.8 Å². The van der Waals surface area contributed by atoms with Crippen LogP contribution in [0.2, 0.25) is 0 Å². The molecule has 0 spiro atoms. The Kier molecular flexibility index (Phi) is 68.4. The van der Waals surface area contributed by atoms with Crippen LogP contribution in [0.4, 0.5) is 0 Å². The van der Waals surface area contributed by atoms with Crippen LogP contribution in [-0.2, 0) is 23.7 Å². The molecule has 0 aromatic heterocycles. The van der Waals surface area contributed by atoms with E-state index in [1.165, 1.54) is 379 Å². The zero-order valence-electron chi connectivity index (χ0n) is 66.5. The molecule has 0 aromatic carbocycles. The maximum Gasteiger partial charge on any atom is 0.220 e. The minimum atomic E-state index is -1.78. The summed E-state index contributed by atoms with van der Waals surface area (Å²) in [6, 6.07) is -0.826. The molecule has 602 valence electrons. The molecule has 2 aliphatic rings. The van der Waals surface area contributed by atoms with Gasteiger partial charge < -0.3 is 65.1 Å². The van der Waals surface area contributed by atoms with Crippen molar-refractivity contribution in [3.8, 4) is 0 Å². The first-order chi connectivity index (χ1) is 49.6. The van der Waals surface area contributed by atoms with Gasteiger partial charge >= 0.3 is 0 Å². The Labute approximate surface area is 623 Å². The SMILES string of the molecule is CCCCCCCCCCCCCCCCCCCCCCCCCCCCCCCCCCCCC(=O)NC(COC1OC(CO)C(OC2OC(CO)C(O)C(O)C2O)C(O)C1O)C(O)CCCCCCCCCCCCCCCCCCCCCCCCCCCCCCCCCCC. The van der Waals surface area contributed by atoms with E-state index in [2.05, 4.69) is 19.2 Å². The fourth-order valence-electron chi connectivity index (χ4n) is 15.5. The molecule has 2 heterocycles. The van der Waals surface area contributed by atoms with E-state index in [4.69, 9.17) is 18.9 Å². The quantitative estimate of drug-likeness (QED) is 0.0259. The summed E-state index contributed by atoms with van der Waals surface area (Å²) in [5.41, 5.74) is 0. The molecule has 101 heavy (non-hydrogen) atoms. The number of hydrogen-bond acceptors (Lipinski definition) is 13. The van der Waals surface area contributed by atoms with Crippen molar-refractivity contribution in [3.05, 3.63) is 0 Å². The molecule has 2 fully saturated rings. The summed E-state index contributed by atoms with van der Waals surface area (Å²) in [5.74, 6) is -0.193. The Morgan fingerprint density at radius 1 is 0.317 bits per heavy atom. The first-order valence-electron chi connectivity index (χ1n) is 44.8. The molecular weight excluding hydrogens is 1270 g/mol. The van der Waals surface area contributed by atoms with Gasteiger partial charge in [0.1, 0.15) is 48.8 Å². The van der Waals surface area contributed by atoms with Crippen molar-refractivity contribution < 1.29 is 64.6 Å². The van der Waals surface area contributed by atoms with Crippen LogP contribution in [-0.4, -0.2) is 140 Å². The highest BCUT2D eigenvalue weighted by atomic mass is 16.7. The van der Waals surface area contributed by atoms with Crippen molar-refractivity contribution in [2.45, 2.75) is 530 Å². The van der Waals surface area contributed by atoms with Gasteiger partial charge in [-0.2, -0.15) is 0 Å². The molecular formula is C87H171NO13. The van der Waals surface area contributed by atoms with E-state index in [1.54, 1.807) is 0 Å². The van der Waals surface area contributed by atoms with Gasteiger partial charge in [-0.3, -0.25) is 4.79 Å². The lowest BCUT2D eigenvalue weighted by Crippen LogP contribution is -2.65. The van der Waals surface area contributed by atoms with E-state index >= 15 is 0 Å². The van der Waals surface area contributed by atoms with Gasteiger partial charge in [-0.25, -0.2) is 0 Å². The van der Waals surface area contributed by atoms with Crippen LogP contribution in [0.5, 0.6) is 0 Å². The first-order valence-corrected chi connectivity index (χ1v) is 44.8. The summed E-state index contributed by atoms with van der Waals surface area (Å²) < 4.78 is 23.0. The van der Waals surface area contributed by atoms with E-state index in [-0.39, 0.29) is 12.5 Å². The molecule has 9 N–H and O–H groups in total. The largest absolute Gasteiger partial charge is 0.394 e. The number of amides is 1. The molecule has 0 bridgehead atoms. The van der Waals surface area contributed by atoms with Gasteiger partial charge in [0, 0.05) is 6.42 Å². The van der Waals surface area contributed by atoms with Crippen LogP contribution in [0.1, 0.15) is 457 Å². The van der Waals surface area contributed by atoms with Crippen LogP contribution in [0, 0.1) is 0 Å². The lowest BCUT2D eigenvalue weighted by atomic mass is 9.97. The fourth-order valence-corrected chi connectivity index (χ4v) is 15.5. The van der Waals surface area contributed by atoms with Gasteiger partial charge in [0.15, 0.2) is 12.6 Å². The number of aliphatic hydroxyl groups excluding tert-OH is 8. The summed E-state index contributed by atoms with van der Waals surface area (Å²) in [6.45, 7) is 2.96. The maximum absolute atomic E-state index is 13.4. The molecule has 0 aliphatic carbocycles. The third-order valence-electron chi connectivity index (χ3n) is 22.6. The highest BCUT2D eigenvalue weighted by Gasteiger charge is 2.51. The summed E-state index contributed by atoms with van der Waals surface area (Å²) in [7, 11) is 0. The van der Waals surface area contributed by atoms with Gasteiger partial charge in [0.2, 0.25) is 5.91 Å². The van der Waals surface area contributed by atoms with Crippen molar-refractivity contribution >= 4 is 5.91 Å². The minimum absolute atomic E-state index is 0.193. The first kappa shape index (κ1) is 96.1. The molecule has 2 rings (SSSR count). The van der Waals surface area contributed by atoms with Gasteiger partial charge in [0.25, 0.3) is 0 Å². The lowest BCUT2D eigenvalue weighted by Gasteiger charge is -2.46. The number of hydrogen-bond donors (Lipinski definition) is 9. The van der Waals surface area contributed by atoms with Gasteiger partial charge in [-0.1, -0.05) is 438 Å². The number of ether oxygens (including phenoxy) is 4. The van der Waals surface area contributed by atoms with E-state index in [1.807, 2.05) is 0 Å². The van der Waals surface area contributed by atoms with Crippen molar-refractivity contribution in [3.63, 3.8) is 0 Å². The van der Waals surface area contributed by atoms with Crippen LogP contribution >= 0.6 is 0 Å². The second kappa shape index (κ2) is 71.9. The molecule has 2 saturated heterocycles. The van der Waals surface area contributed by atoms with Crippen molar-refractivity contribution in [1.82, 2.24) is 5.32 Å². The number of aliphatic hydroxyl groups is 8. The highest BCUT2D eigenvalue weighted by Crippen LogP contribution is 2.31.